The number of nitrogens with one attached hydrogen (secondary N) is 1. The summed E-state index contributed by atoms with van der Waals surface area (Å²) in [7, 11) is 0. The third kappa shape index (κ3) is 3.90. The molecule has 0 bridgehead atoms. The molecule has 0 aliphatic carbocycles. The molecule has 1 aliphatic heterocycles. The monoisotopic (exact) mass is 273 g/mol. The summed E-state index contributed by atoms with van der Waals surface area (Å²) in [6, 6.07) is -0.641. The van der Waals surface area contributed by atoms with Crippen molar-refractivity contribution in [3.8, 4) is 0 Å². The molecule has 0 aromatic rings. The van der Waals surface area contributed by atoms with Crippen LogP contribution in [0.15, 0.2) is 0 Å². The molecule has 0 aromatic carbocycles. The molecule has 102 valence electrons. The summed E-state index contributed by atoms with van der Waals surface area (Å²) in [6.45, 7) is 2.27. The molecule has 1 saturated heterocycles. The number of likely N-dealkylation sites (tertiary alicyclic amines) is 1. The second kappa shape index (κ2) is 6.63. The number of amides is 3. The van der Waals surface area contributed by atoms with Gasteiger partial charge in [-0.3, -0.25) is 14.4 Å². The van der Waals surface area contributed by atoms with E-state index in [-0.39, 0.29) is 29.4 Å². The smallest absolute Gasteiger partial charge is 0.246 e. The number of carbonyl (C=O) groups excluding carboxylic acids is 3. The second-order valence-electron chi connectivity index (χ2n) is 4.46. The molecule has 3 N–H and O–H groups in total. The molecule has 0 saturated carbocycles. The number of nitrogens with two attached hydrogens (primary N) is 1. The molecule has 7 heteroatoms. The quantitative estimate of drug-likeness (QED) is 0.582. The Morgan fingerprint density at radius 3 is 2.67 bits per heavy atom. The van der Waals surface area contributed by atoms with Gasteiger partial charge in [-0.2, -0.15) is 12.6 Å². The van der Waals surface area contributed by atoms with Gasteiger partial charge < -0.3 is 16.0 Å². The topological polar surface area (TPSA) is 92.5 Å². The number of hydrogen-bond acceptors (Lipinski definition) is 4. The van der Waals surface area contributed by atoms with Crippen molar-refractivity contribution in [2.24, 2.45) is 11.7 Å². The maximum Gasteiger partial charge on any atom is 0.246 e. The van der Waals surface area contributed by atoms with Gasteiger partial charge in [0.2, 0.25) is 17.7 Å². The van der Waals surface area contributed by atoms with Gasteiger partial charge in [-0.25, -0.2) is 0 Å². The molecule has 0 radical (unpaired) electrons. The van der Waals surface area contributed by atoms with Crippen LogP contribution >= 0.6 is 12.6 Å². The maximum absolute atomic E-state index is 12.1. The first-order chi connectivity index (χ1) is 8.45. The molecule has 1 aliphatic rings. The van der Waals surface area contributed by atoms with Crippen LogP contribution in [0.2, 0.25) is 0 Å². The minimum absolute atomic E-state index is 0.203. The fourth-order valence-electron chi connectivity index (χ4n) is 2.06. The lowest BCUT2D eigenvalue weighted by Gasteiger charge is -2.33. The van der Waals surface area contributed by atoms with Crippen LogP contribution in [-0.4, -0.2) is 47.5 Å². The van der Waals surface area contributed by atoms with Gasteiger partial charge in [0, 0.05) is 25.8 Å². The largest absolute Gasteiger partial charge is 0.369 e. The normalized spacial score (nSPS) is 21.2. The van der Waals surface area contributed by atoms with Crippen LogP contribution < -0.4 is 11.1 Å². The van der Waals surface area contributed by atoms with E-state index in [1.54, 1.807) is 4.90 Å². The number of carbonyl (C=O) groups is 3. The predicted octanol–water partition coefficient (Wildman–Crippen LogP) is -0.855. The van der Waals surface area contributed by atoms with E-state index in [2.05, 4.69) is 17.9 Å². The minimum atomic E-state index is -0.641. The lowest BCUT2D eigenvalue weighted by molar-refractivity contribution is -0.138. The van der Waals surface area contributed by atoms with Crippen LogP contribution in [0.1, 0.15) is 19.8 Å². The van der Waals surface area contributed by atoms with E-state index in [0.717, 1.165) is 6.42 Å². The van der Waals surface area contributed by atoms with E-state index in [9.17, 15) is 14.4 Å². The first-order valence-electron chi connectivity index (χ1n) is 5.91. The van der Waals surface area contributed by atoms with Crippen LogP contribution in [0, 0.1) is 5.92 Å². The molecule has 0 aromatic heterocycles. The highest BCUT2D eigenvalue weighted by molar-refractivity contribution is 7.80. The first kappa shape index (κ1) is 14.8. The van der Waals surface area contributed by atoms with Crippen molar-refractivity contribution >= 4 is 30.4 Å². The van der Waals surface area contributed by atoms with E-state index in [4.69, 9.17) is 5.73 Å². The van der Waals surface area contributed by atoms with E-state index < -0.39 is 6.04 Å². The van der Waals surface area contributed by atoms with E-state index in [1.807, 2.05) is 0 Å². The zero-order chi connectivity index (χ0) is 13.7. The van der Waals surface area contributed by atoms with Gasteiger partial charge in [0.15, 0.2) is 0 Å². The van der Waals surface area contributed by atoms with Crippen LogP contribution in [0.3, 0.4) is 0 Å². The molecule has 0 spiro atoms. The highest BCUT2D eigenvalue weighted by Gasteiger charge is 2.30. The standard InChI is InChI=1S/C11H19N3O3S/c1-7(15)13-9(6-18)11(17)14-4-2-3-8(5-14)10(12)16/h8-9,18H,2-6H2,1H3,(H2,12,16)(H,13,15). The molecule has 1 rings (SSSR count). The lowest BCUT2D eigenvalue weighted by Crippen LogP contribution is -2.53. The van der Waals surface area contributed by atoms with Crippen LogP contribution in [-0.2, 0) is 14.4 Å². The summed E-state index contributed by atoms with van der Waals surface area (Å²) < 4.78 is 0. The summed E-state index contributed by atoms with van der Waals surface area (Å²) in [4.78, 5) is 35.8. The Morgan fingerprint density at radius 2 is 2.17 bits per heavy atom. The zero-order valence-electron chi connectivity index (χ0n) is 10.4. The SMILES string of the molecule is CC(=O)NC(CS)C(=O)N1CCCC(C(N)=O)C1. The Bertz CT molecular complexity index is 348. The van der Waals surface area contributed by atoms with Gasteiger partial charge in [-0.1, -0.05) is 0 Å². The molecule has 1 fully saturated rings. The number of primary amides is 1. The fraction of sp³-hybridized carbons (Fsp3) is 0.727. The Morgan fingerprint density at radius 1 is 1.50 bits per heavy atom. The molecule has 3 amide bonds. The van der Waals surface area contributed by atoms with Crippen molar-refractivity contribution in [3.63, 3.8) is 0 Å². The van der Waals surface area contributed by atoms with Crippen molar-refractivity contribution in [2.75, 3.05) is 18.8 Å². The van der Waals surface area contributed by atoms with Gasteiger partial charge in [0.05, 0.1) is 5.92 Å². The summed E-state index contributed by atoms with van der Waals surface area (Å²) in [5.74, 6) is -0.914. The Kier molecular flexibility index (Phi) is 5.46. The lowest BCUT2D eigenvalue weighted by atomic mass is 9.97. The van der Waals surface area contributed by atoms with E-state index in [1.165, 1.54) is 6.92 Å². The number of nitrogens with zero attached hydrogens (tertiary/aromatic N) is 1. The van der Waals surface area contributed by atoms with Crippen LogP contribution in [0.4, 0.5) is 0 Å². The van der Waals surface area contributed by atoms with Crippen LogP contribution in [0.25, 0.3) is 0 Å². The van der Waals surface area contributed by atoms with Crippen molar-refractivity contribution < 1.29 is 14.4 Å². The van der Waals surface area contributed by atoms with Gasteiger partial charge >= 0.3 is 0 Å². The number of hydrogen-bond donors (Lipinski definition) is 3. The molecule has 2 atom stereocenters. The predicted molar refractivity (Wildman–Crippen MR) is 70.0 cm³/mol. The third-order valence-corrected chi connectivity index (χ3v) is 3.36. The zero-order valence-corrected chi connectivity index (χ0v) is 11.3. The average molecular weight is 273 g/mol. The fourth-order valence-corrected chi connectivity index (χ4v) is 2.31. The Balaban J connectivity index is 2.64. The molecule has 6 nitrogen and oxygen atoms in total. The number of thiol groups is 1. The summed E-state index contributed by atoms with van der Waals surface area (Å²) in [5, 5.41) is 2.55. The summed E-state index contributed by atoms with van der Waals surface area (Å²) >= 11 is 4.06. The number of rotatable bonds is 4. The van der Waals surface area contributed by atoms with Crippen LogP contribution in [0.5, 0.6) is 0 Å². The van der Waals surface area contributed by atoms with Crippen molar-refractivity contribution in [1.82, 2.24) is 10.2 Å². The van der Waals surface area contributed by atoms with Gasteiger partial charge in [0.25, 0.3) is 0 Å². The molecule has 1 heterocycles. The second-order valence-corrected chi connectivity index (χ2v) is 4.83. The van der Waals surface area contributed by atoms with Crippen molar-refractivity contribution in [2.45, 2.75) is 25.8 Å². The van der Waals surface area contributed by atoms with Gasteiger partial charge in [-0.05, 0) is 12.8 Å². The van der Waals surface area contributed by atoms with Crippen molar-refractivity contribution in [3.05, 3.63) is 0 Å². The average Bonchev–Trinajstić information content (AvgIpc) is 2.35. The molecule has 2 unspecified atom stereocenters. The first-order valence-corrected chi connectivity index (χ1v) is 6.55. The summed E-state index contributed by atoms with van der Waals surface area (Å²) in [5.41, 5.74) is 5.26. The van der Waals surface area contributed by atoms with E-state index >= 15 is 0 Å². The molecular weight excluding hydrogens is 254 g/mol. The maximum atomic E-state index is 12.1. The Hall–Kier alpha value is -1.24. The van der Waals surface area contributed by atoms with Crippen molar-refractivity contribution in [1.29, 1.82) is 0 Å². The third-order valence-electron chi connectivity index (χ3n) is 2.99. The van der Waals surface area contributed by atoms with Gasteiger partial charge in [-0.15, -0.1) is 0 Å². The van der Waals surface area contributed by atoms with Gasteiger partial charge in [0.1, 0.15) is 6.04 Å². The molecular formula is C11H19N3O3S. The van der Waals surface area contributed by atoms with E-state index in [0.29, 0.717) is 19.5 Å². The Labute approximate surface area is 112 Å². The number of piperidine rings is 1. The minimum Gasteiger partial charge on any atom is -0.369 e. The highest BCUT2D eigenvalue weighted by Crippen LogP contribution is 2.17. The molecule has 18 heavy (non-hydrogen) atoms. The summed E-state index contributed by atoms with van der Waals surface area (Å²) in [6.07, 6.45) is 1.46. The highest BCUT2D eigenvalue weighted by atomic mass is 32.1.